The van der Waals surface area contributed by atoms with E-state index in [9.17, 15) is 4.79 Å². The minimum absolute atomic E-state index is 0.152. The molecule has 0 bridgehead atoms. The summed E-state index contributed by atoms with van der Waals surface area (Å²) in [5.41, 5.74) is 8.14. The van der Waals surface area contributed by atoms with E-state index in [2.05, 4.69) is 20.2 Å². The van der Waals surface area contributed by atoms with Gasteiger partial charge in [-0.1, -0.05) is 0 Å². The molecule has 6 nitrogen and oxygen atoms in total. The van der Waals surface area contributed by atoms with E-state index >= 15 is 0 Å². The molecule has 3 heterocycles. The van der Waals surface area contributed by atoms with Gasteiger partial charge in [0.2, 0.25) is 0 Å². The smallest absolute Gasteiger partial charge is 0.258 e. The van der Waals surface area contributed by atoms with E-state index in [1.807, 2.05) is 6.07 Å². The predicted octanol–water partition coefficient (Wildman–Crippen LogP) is 1.15. The van der Waals surface area contributed by atoms with Gasteiger partial charge in [-0.15, -0.1) is 0 Å². The van der Waals surface area contributed by atoms with Crippen molar-refractivity contribution in [2.45, 2.75) is 31.3 Å². The molecule has 110 valence electrons. The molecule has 21 heavy (non-hydrogen) atoms. The van der Waals surface area contributed by atoms with Crippen LogP contribution in [0.25, 0.3) is 10.9 Å². The van der Waals surface area contributed by atoms with Gasteiger partial charge in [-0.05, 0) is 37.9 Å². The molecule has 0 amide bonds. The van der Waals surface area contributed by atoms with Crippen molar-refractivity contribution in [1.82, 2.24) is 14.9 Å². The van der Waals surface area contributed by atoms with Gasteiger partial charge < -0.3 is 16.0 Å². The van der Waals surface area contributed by atoms with Crippen molar-refractivity contribution >= 4 is 22.3 Å². The average Bonchev–Trinajstić information content (AvgIpc) is 3.06. The summed E-state index contributed by atoms with van der Waals surface area (Å²) in [6, 6.07) is 4.66. The van der Waals surface area contributed by atoms with E-state index in [4.69, 9.17) is 5.73 Å². The Morgan fingerprint density at radius 2 is 2.24 bits per heavy atom. The SMILES string of the molecule is Nc1cc2c(=O)[nH]cnc2cc1NC1CCN2CCCC12. The van der Waals surface area contributed by atoms with Crippen molar-refractivity contribution in [3.8, 4) is 0 Å². The van der Waals surface area contributed by atoms with Gasteiger partial charge >= 0.3 is 0 Å². The second kappa shape index (κ2) is 4.73. The Kier molecular flexibility index (Phi) is 2.85. The molecule has 2 aliphatic rings. The van der Waals surface area contributed by atoms with Crippen molar-refractivity contribution in [1.29, 1.82) is 0 Å². The third-order valence-electron chi connectivity index (χ3n) is 4.76. The molecule has 0 radical (unpaired) electrons. The Balaban J connectivity index is 1.67. The van der Waals surface area contributed by atoms with Crippen LogP contribution in [0.2, 0.25) is 0 Å². The lowest BCUT2D eigenvalue weighted by Gasteiger charge is -2.23. The quantitative estimate of drug-likeness (QED) is 0.721. The molecular formula is C15H19N5O. The van der Waals surface area contributed by atoms with Crippen LogP contribution in [0.5, 0.6) is 0 Å². The molecule has 1 aromatic heterocycles. The minimum atomic E-state index is -0.152. The minimum Gasteiger partial charge on any atom is -0.397 e. The van der Waals surface area contributed by atoms with Crippen LogP contribution >= 0.6 is 0 Å². The third kappa shape index (κ3) is 2.06. The molecule has 2 aliphatic heterocycles. The Morgan fingerprint density at radius 1 is 1.33 bits per heavy atom. The number of fused-ring (bicyclic) bond motifs is 2. The highest BCUT2D eigenvalue weighted by Gasteiger charge is 2.37. The molecule has 2 saturated heterocycles. The van der Waals surface area contributed by atoms with E-state index in [0.717, 1.165) is 18.7 Å². The third-order valence-corrected chi connectivity index (χ3v) is 4.76. The van der Waals surface area contributed by atoms with Crippen LogP contribution < -0.4 is 16.6 Å². The summed E-state index contributed by atoms with van der Waals surface area (Å²) in [5, 5.41) is 4.11. The molecular weight excluding hydrogens is 266 g/mol. The zero-order chi connectivity index (χ0) is 14.4. The van der Waals surface area contributed by atoms with E-state index in [0.29, 0.717) is 28.7 Å². The number of rotatable bonds is 2. The first-order chi connectivity index (χ1) is 10.2. The number of nitrogen functional groups attached to an aromatic ring is 1. The van der Waals surface area contributed by atoms with Gasteiger partial charge in [0.25, 0.3) is 5.56 Å². The number of hydrogen-bond acceptors (Lipinski definition) is 5. The summed E-state index contributed by atoms with van der Waals surface area (Å²) in [5.74, 6) is 0. The van der Waals surface area contributed by atoms with Gasteiger partial charge in [0, 0.05) is 18.6 Å². The van der Waals surface area contributed by atoms with Crippen molar-refractivity contribution in [2.75, 3.05) is 24.1 Å². The largest absolute Gasteiger partial charge is 0.397 e. The molecule has 4 N–H and O–H groups in total. The highest BCUT2D eigenvalue weighted by Crippen LogP contribution is 2.32. The molecule has 0 aliphatic carbocycles. The number of nitrogens with zero attached hydrogens (tertiary/aromatic N) is 2. The van der Waals surface area contributed by atoms with Crippen LogP contribution in [0.3, 0.4) is 0 Å². The van der Waals surface area contributed by atoms with Crippen molar-refractivity contribution in [2.24, 2.45) is 0 Å². The standard InChI is InChI=1S/C15H19N5O/c16-10-6-9-12(17-8-18-15(9)21)7-13(10)19-11-3-5-20-4-1-2-14(11)20/h6-8,11,14,19H,1-5,16H2,(H,17,18,21). The molecule has 4 rings (SSSR count). The van der Waals surface area contributed by atoms with Crippen LogP contribution in [0, 0.1) is 0 Å². The van der Waals surface area contributed by atoms with Gasteiger partial charge in [-0.2, -0.15) is 0 Å². The molecule has 0 spiro atoms. The molecule has 1 aromatic carbocycles. The first-order valence-corrected chi connectivity index (χ1v) is 7.50. The summed E-state index contributed by atoms with van der Waals surface area (Å²) < 4.78 is 0. The van der Waals surface area contributed by atoms with E-state index in [1.165, 1.54) is 25.7 Å². The highest BCUT2D eigenvalue weighted by molar-refractivity contribution is 5.88. The predicted molar refractivity (Wildman–Crippen MR) is 83.4 cm³/mol. The number of hydrogen-bond donors (Lipinski definition) is 3. The number of H-pyrrole nitrogens is 1. The molecule has 6 heteroatoms. The zero-order valence-electron chi connectivity index (χ0n) is 11.8. The molecule has 2 aromatic rings. The number of benzene rings is 1. The van der Waals surface area contributed by atoms with Gasteiger partial charge in [0.1, 0.15) is 0 Å². The normalized spacial score (nSPS) is 25.3. The van der Waals surface area contributed by atoms with Crippen LogP contribution in [-0.4, -0.2) is 40.0 Å². The molecule has 2 fully saturated rings. The summed E-state index contributed by atoms with van der Waals surface area (Å²) in [7, 11) is 0. The summed E-state index contributed by atoms with van der Waals surface area (Å²) >= 11 is 0. The fraction of sp³-hybridized carbons (Fsp3) is 0.467. The Morgan fingerprint density at radius 3 is 3.14 bits per heavy atom. The van der Waals surface area contributed by atoms with Gasteiger partial charge in [0.15, 0.2) is 0 Å². The monoisotopic (exact) mass is 285 g/mol. The highest BCUT2D eigenvalue weighted by atomic mass is 16.1. The number of nitrogens with two attached hydrogens (primary N) is 1. The lowest BCUT2D eigenvalue weighted by molar-refractivity contribution is 0.318. The van der Waals surface area contributed by atoms with E-state index in [-0.39, 0.29) is 5.56 Å². The Hall–Kier alpha value is -2.08. The summed E-state index contributed by atoms with van der Waals surface area (Å²) in [6.07, 6.45) is 5.11. The topological polar surface area (TPSA) is 87.0 Å². The van der Waals surface area contributed by atoms with Crippen molar-refractivity contribution in [3.05, 3.63) is 28.8 Å². The van der Waals surface area contributed by atoms with Gasteiger partial charge in [-0.25, -0.2) is 4.98 Å². The fourth-order valence-corrected chi connectivity index (χ4v) is 3.71. The number of nitrogens with one attached hydrogen (secondary N) is 2. The maximum Gasteiger partial charge on any atom is 0.258 e. The van der Waals surface area contributed by atoms with E-state index < -0.39 is 0 Å². The van der Waals surface area contributed by atoms with E-state index in [1.54, 1.807) is 6.07 Å². The second-order valence-corrected chi connectivity index (χ2v) is 5.97. The van der Waals surface area contributed by atoms with Crippen LogP contribution in [0.15, 0.2) is 23.3 Å². The van der Waals surface area contributed by atoms with Crippen LogP contribution in [0.1, 0.15) is 19.3 Å². The van der Waals surface area contributed by atoms with Crippen molar-refractivity contribution in [3.63, 3.8) is 0 Å². The molecule has 2 unspecified atom stereocenters. The molecule has 2 atom stereocenters. The number of anilines is 2. The lowest BCUT2D eigenvalue weighted by Crippen LogP contribution is -2.33. The summed E-state index contributed by atoms with van der Waals surface area (Å²) in [4.78, 5) is 21.1. The van der Waals surface area contributed by atoms with Gasteiger partial charge in [-0.3, -0.25) is 9.69 Å². The number of aromatic nitrogens is 2. The molecule has 0 saturated carbocycles. The Bertz CT molecular complexity index is 740. The lowest BCUT2D eigenvalue weighted by atomic mass is 10.1. The average molecular weight is 285 g/mol. The van der Waals surface area contributed by atoms with Crippen LogP contribution in [0.4, 0.5) is 11.4 Å². The first kappa shape index (κ1) is 12.6. The van der Waals surface area contributed by atoms with Crippen LogP contribution in [-0.2, 0) is 0 Å². The maximum atomic E-state index is 11.8. The Labute approximate surface area is 122 Å². The fourth-order valence-electron chi connectivity index (χ4n) is 3.71. The maximum absolute atomic E-state index is 11.8. The summed E-state index contributed by atoms with van der Waals surface area (Å²) in [6.45, 7) is 2.38. The van der Waals surface area contributed by atoms with Gasteiger partial charge in [0.05, 0.1) is 28.6 Å². The second-order valence-electron chi connectivity index (χ2n) is 5.97. The first-order valence-electron chi connectivity index (χ1n) is 7.50. The zero-order valence-corrected chi connectivity index (χ0v) is 11.8. The number of aromatic amines is 1. The van der Waals surface area contributed by atoms with Crippen molar-refractivity contribution < 1.29 is 0 Å².